The predicted molar refractivity (Wildman–Crippen MR) is 75.1 cm³/mol. The summed E-state index contributed by atoms with van der Waals surface area (Å²) in [4.78, 5) is 23.3. The largest absolute Gasteiger partial charge is 0.339 e. The molecule has 0 aliphatic rings. The van der Waals surface area contributed by atoms with Gasteiger partial charge in [-0.3, -0.25) is 4.79 Å². The van der Waals surface area contributed by atoms with Crippen molar-refractivity contribution in [1.29, 1.82) is 0 Å². The second kappa shape index (κ2) is 5.41. The first-order valence-electron chi connectivity index (χ1n) is 4.99. The van der Waals surface area contributed by atoms with Gasteiger partial charge < -0.3 is 0 Å². The smallest absolute Gasteiger partial charge is 0.269 e. The molecule has 0 bridgehead atoms. The second-order valence-electron chi connectivity index (χ2n) is 3.57. The predicted octanol–water partition coefficient (Wildman–Crippen LogP) is 2.32. The first kappa shape index (κ1) is 14.2. The molecular formula is C11H6ClF2IN2O2. The van der Waals surface area contributed by atoms with Gasteiger partial charge in [0.05, 0.1) is 5.69 Å². The van der Waals surface area contributed by atoms with Gasteiger partial charge in [0.15, 0.2) is 6.80 Å². The monoisotopic (exact) mass is 398 g/mol. The Bertz CT molecular complexity index is 757. The Labute approximate surface area is 124 Å². The zero-order valence-electron chi connectivity index (χ0n) is 9.24. The highest BCUT2D eigenvalue weighted by atomic mass is 127. The molecule has 1 aromatic carbocycles. The highest BCUT2D eigenvalue weighted by Crippen LogP contribution is 2.18. The van der Waals surface area contributed by atoms with Gasteiger partial charge in [-0.25, -0.2) is 22.7 Å². The van der Waals surface area contributed by atoms with Crippen LogP contribution in [0.25, 0.3) is 5.69 Å². The molecule has 0 saturated heterocycles. The zero-order valence-corrected chi connectivity index (χ0v) is 12.2. The van der Waals surface area contributed by atoms with Crippen molar-refractivity contribution in [2.45, 2.75) is 6.80 Å². The van der Waals surface area contributed by atoms with Gasteiger partial charge in [-0.05, 0) is 40.8 Å². The van der Waals surface area contributed by atoms with Crippen LogP contribution in [0, 0.1) is 9.39 Å². The molecule has 0 atom stereocenters. The average molecular weight is 399 g/mol. The summed E-state index contributed by atoms with van der Waals surface area (Å²) in [5.41, 5.74) is -2.04. The Morgan fingerprint density at radius 3 is 2.53 bits per heavy atom. The Morgan fingerprint density at radius 1 is 1.26 bits per heavy atom. The van der Waals surface area contributed by atoms with Crippen LogP contribution >= 0.6 is 34.2 Å². The molecule has 0 spiro atoms. The van der Waals surface area contributed by atoms with E-state index in [1.165, 1.54) is 12.1 Å². The van der Waals surface area contributed by atoms with Crippen molar-refractivity contribution in [1.82, 2.24) is 9.13 Å². The molecule has 2 rings (SSSR count). The van der Waals surface area contributed by atoms with Crippen molar-refractivity contribution in [3.05, 3.63) is 59.6 Å². The maximum atomic E-state index is 13.8. The summed E-state index contributed by atoms with van der Waals surface area (Å²) in [6.45, 7) is -1.30. The first-order valence-corrected chi connectivity index (χ1v) is 6.45. The molecule has 1 aromatic heterocycles. The fourth-order valence-corrected chi connectivity index (χ4v) is 2.25. The Balaban J connectivity index is 2.83. The molecule has 0 fully saturated rings. The fourth-order valence-electron chi connectivity index (χ4n) is 1.54. The van der Waals surface area contributed by atoms with Gasteiger partial charge in [0, 0.05) is 9.64 Å². The van der Waals surface area contributed by atoms with Gasteiger partial charge in [-0.2, -0.15) is 0 Å². The second-order valence-corrected chi connectivity index (χ2v) is 5.20. The molecular weight excluding hydrogens is 392 g/mol. The number of aromatic nitrogens is 2. The van der Waals surface area contributed by atoms with Crippen LogP contribution in [0.2, 0.25) is 5.15 Å². The summed E-state index contributed by atoms with van der Waals surface area (Å²) in [5, 5.41) is -0.278. The van der Waals surface area contributed by atoms with Gasteiger partial charge >= 0.3 is 5.69 Å². The van der Waals surface area contributed by atoms with Crippen LogP contribution in [-0.4, -0.2) is 9.13 Å². The molecule has 0 saturated carbocycles. The van der Waals surface area contributed by atoms with E-state index in [0.717, 1.165) is 10.6 Å². The van der Waals surface area contributed by atoms with E-state index in [0.29, 0.717) is 8.14 Å². The van der Waals surface area contributed by atoms with E-state index < -0.39 is 23.9 Å². The standard InChI is InChI=1S/C11H6ClF2IN2O2/c12-9-4-10(18)16(5-13)11(19)17(9)8-2-1-6(15)3-7(8)14/h1-4H,5H2. The highest BCUT2D eigenvalue weighted by Gasteiger charge is 2.14. The topological polar surface area (TPSA) is 44.0 Å². The lowest BCUT2D eigenvalue weighted by molar-refractivity contribution is 0.354. The maximum Gasteiger partial charge on any atom is 0.339 e. The van der Waals surface area contributed by atoms with E-state index in [1.54, 1.807) is 6.07 Å². The third-order valence-corrected chi connectivity index (χ3v) is 3.36. The van der Waals surface area contributed by atoms with Crippen LogP contribution in [0.5, 0.6) is 0 Å². The lowest BCUT2D eigenvalue weighted by atomic mass is 10.3. The average Bonchev–Trinajstić information content (AvgIpc) is 2.31. The molecule has 0 amide bonds. The van der Waals surface area contributed by atoms with E-state index in [1.807, 2.05) is 22.6 Å². The Morgan fingerprint density at radius 2 is 1.95 bits per heavy atom. The normalized spacial score (nSPS) is 10.7. The van der Waals surface area contributed by atoms with Crippen LogP contribution in [0.1, 0.15) is 0 Å². The van der Waals surface area contributed by atoms with Crippen molar-refractivity contribution in [2.24, 2.45) is 0 Å². The minimum atomic E-state index is -1.30. The van der Waals surface area contributed by atoms with E-state index >= 15 is 0 Å². The number of nitrogens with zero attached hydrogens (tertiary/aromatic N) is 2. The number of rotatable bonds is 2. The van der Waals surface area contributed by atoms with E-state index in [9.17, 15) is 18.4 Å². The third kappa shape index (κ3) is 2.57. The van der Waals surface area contributed by atoms with Crippen LogP contribution in [-0.2, 0) is 6.80 Å². The maximum absolute atomic E-state index is 13.8. The molecule has 0 radical (unpaired) electrons. The quantitative estimate of drug-likeness (QED) is 0.576. The van der Waals surface area contributed by atoms with Crippen molar-refractivity contribution in [3.63, 3.8) is 0 Å². The lowest BCUT2D eigenvalue weighted by Gasteiger charge is -2.11. The van der Waals surface area contributed by atoms with Crippen molar-refractivity contribution in [2.75, 3.05) is 0 Å². The summed E-state index contributed by atoms with van der Waals surface area (Å²) in [7, 11) is 0. The molecule has 1 heterocycles. The third-order valence-electron chi connectivity index (χ3n) is 2.41. The molecule has 2 aromatic rings. The molecule has 0 aliphatic heterocycles. The van der Waals surface area contributed by atoms with Crippen molar-refractivity contribution < 1.29 is 8.78 Å². The van der Waals surface area contributed by atoms with Crippen LogP contribution < -0.4 is 11.2 Å². The van der Waals surface area contributed by atoms with E-state index in [4.69, 9.17) is 11.6 Å². The molecule has 0 unspecified atom stereocenters. The number of alkyl halides is 1. The molecule has 19 heavy (non-hydrogen) atoms. The van der Waals surface area contributed by atoms with Crippen molar-refractivity contribution in [3.8, 4) is 5.69 Å². The lowest BCUT2D eigenvalue weighted by Crippen LogP contribution is -2.38. The van der Waals surface area contributed by atoms with Gasteiger partial charge in [0.1, 0.15) is 11.0 Å². The van der Waals surface area contributed by atoms with E-state index in [-0.39, 0.29) is 10.8 Å². The molecule has 0 N–H and O–H groups in total. The van der Waals surface area contributed by atoms with Gasteiger partial charge in [0.2, 0.25) is 0 Å². The molecule has 100 valence electrons. The number of hydrogen-bond donors (Lipinski definition) is 0. The molecule has 0 aliphatic carbocycles. The summed E-state index contributed by atoms with van der Waals surface area (Å²) >= 11 is 7.67. The highest BCUT2D eigenvalue weighted by molar-refractivity contribution is 14.1. The van der Waals surface area contributed by atoms with Crippen LogP contribution in [0.15, 0.2) is 33.9 Å². The zero-order chi connectivity index (χ0) is 14.2. The Kier molecular flexibility index (Phi) is 4.04. The molecule has 8 heteroatoms. The minimum absolute atomic E-state index is 0.141. The molecule has 4 nitrogen and oxygen atoms in total. The van der Waals surface area contributed by atoms with Crippen molar-refractivity contribution >= 4 is 34.2 Å². The van der Waals surface area contributed by atoms with Crippen LogP contribution in [0.4, 0.5) is 8.78 Å². The number of halogens is 4. The summed E-state index contributed by atoms with van der Waals surface area (Å²) < 4.78 is 28.2. The number of benzene rings is 1. The summed E-state index contributed by atoms with van der Waals surface area (Å²) in [5.74, 6) is -0.694. The van der Waals surface area contributed by atoms with Gasteiger partial charge in [0.25, 0.3) is 5.56 Å². The summed E-state index contributed by atoms with van der Waals surface area (Å²) in [6.07, 6.45) is 0. The summed E-state index contributed by atoms with van der Waals surface area (Å²) in [6, 6.07) is 4.95. The fraction of sp³-hybridized carbons (Fsp3) is 0.0909. The van der Waals surface area contributed by atoms with Gasteiger partial charge in [-0.15, -0.1) is 0 Å². The van der Waals surface area contributed by atoms with Gasteiger partial charge in [-0.1, -0.05) is 11.6 Å². The first-order chi connectivity index (χ1) is 8.95. The van der Waals surface area contributed by atoms with E-state index in [2.05, 4.69) is 0 Å². The van der Waals surface area contributed by atoms with Crippen LogP contribution in [0.3, 0.4) is 0 Å². The SMILES string of the molecule is O=c1cc(Cl)n(-c2ccc(I)cc2F)c(=O)n1CF. The minimum Gasteiger partial charge on any atom is -0.269 e. The Hall–Kier alpha value is -1.22. The number of hydrogen-bond acceptors (Lipinski definition) is 2.